The summed E-state index contributed by atoms with van der Waals surface area (Å²) in [5.74, 6) is 0.280. The van der Waals surface area contributed by atoms with Gasteiger partial charge in [-0.15, -0.1) is 0 Å². The average Bonchev–Trinajstić information content (AvgIpc) is 2.43. The smallest absolute Gasteiger partial charge is 0.149 e. The van der Waals surface area contributed by atoms with Gasteiger partial charge in [-0.25, -0.2) is 0 Å². The van der Waals surface area contributed by atoms with E-state index in [0.717, 1.165) is 19.3 Å². The Morgan fingerprint density at radius 3 is 3.00 bits per heavy atom. The van der Waals surface area contributed by atoms with E-state index in [4.69, 9.17) is 9.47 Å². The lowest BCUT2D eigenvalue weighted by Crippen LogP contribution is -2.24. The largest absolute Gasteiger partial charge is 0.381 e. The molecular weight excluding hydrogens is 132 g/mol. The third-order valence-electron chi connectivity index (χ3n) is 1.84. The molecule has 0 saturated carbocycles. The van der Waals surface area contributed by atoms with Crippen LogP contribution in [0.5, 0.6) is 0 Å². The van der Waals surface area contributed by atoms with Crippen LogP contribution in [0.25, 0.3) is 0 Å². The number of methoxy groups -OCH3 is 1. The summed E-state index contributed by atoms with van der Waals surface area (Å²) in [4.78, 5) is 10.3. The minimum atomic E-state index is -0.262. The molecule has 10 heavy (non-hydrogen) atoms. The first-order valence-electron chi connectivity index (χ1n) is 3.44. The molecule has 0 radical (unpaired) electrons. The summed E-state index contributed by atoms with van der Waals surface area (Å²) in [7, 11) is 1.55. The first-order chi connectivity index (χ1) is 4.88. The Hall–Kier alpha value is -0.410. The third kappa shape index (κ3) is 1.55. The van der Waals surface area contributed by atoms with Crippen LogP contribution in [0, 0.1) is 5.92 Å². The second-order valence-electron chi connectivity index (χ2n) is 2.46. The van der Waals surface area contributed by atoms with E-state index in [-0.39, 0.29) is 12.0 Å². The lowest BCUT2D eigenvalue weighted by molar-refractivity contribution is -0.119. The van der Waals surface area contributed by atoms with Crippen LogP contribution >= 0.6 is 0 Å². The van der Waals surface area contributed by atoms with Gasteiger partial charge in [0.1, 0.15) is 12.4 Å². The van der Waals surface area contributed by atoms with Crippen LogP contribution in [0.2, 0.25) is 0 Å². The highest BCUT2D eigenvalue weighted by atomic mass is 16.5. The third-order valence-corrected chi connectivity index (χ3v) is 1.84. The number of carbonyl (C=O) groups is 1. The molecule has 1 saturated heterocycles. The molecule has 0 aromatic rings. The average molecular weight is 144 g/mol. The fourth-order valence-corrected chi connectivity index (χ4v) is 1.17. The van der Waals surface area contributed by atoms with Gasteiger partial charge in [0.15, 0.2) is 0 Å². The van der Waals surface area contributed by atoms with Crippen molar-refractivity contribution < 1.29 is 14.3 Å². The van der Waals surface area contributed by atoms with Crippen molar-refractivity contribution in [1.82, 2.24) is 0 Å². The van der Waals surface area contributed by atoms with Crippen LogP contribution in [-0.4, -0.2) is 32.7 Å². The predicted octanol–water partition coefficient (Wildman–Crippen LogP) is 0.237. The van der Waals surface area contributed by atoms with Crippen molar-refractivity contribution in [2.45, 2.75) is 12.5 Å². The van der Waals surface area contributed by atoms with Gasteiger partial charge in [0.2, 0.25) is 0 Å². The van der Waals surface area contributed by atoms with Crippen LogP contribution < -0.4 is 0 Å². The Bertz CT molecular complexity index is 107. The van der Waals surface area contributed by atoms with Gasteiger partial charge in [-0.2, -0.15) is 0 Å². The summed E-state index contributed by atoms with van der Waals surface area (Å²) in [6.07, 6.45) is 1.53. The predicted molar refractivity (Wildman–Crippen MR) is 35.8 cm³/mol. The van der Waals surface area contributed by atoms with Crippen molar-refractivity contribution in [3.8, 4) is 0 Å². The SMILES string of the molecule is COC(C=O)C1CCOC1. The molecule has 0 N–H and O–H groups in total. The van der Waals surface area contributed by atoms with Gasteiger partial charge in [0.25, 0.3) is 0 Å². The van der Waals surface area contributed by atoms with Gasteiger partial charge in [0, 0.05) is 19.6 Å². The van der Waals surface area contributed by atoms with Crippen molar-refractivity contribution in [3.63, 3.8) is 0 Å². The highest BCUT2D eigenvalue weighted by Gasteiger charge is 2.24. The van der Waals surface area contributed by atoms with E-state index in [1.54, 1.807) is 7.11 Å². The Labute approximate surface area is 60.3 Å². The van der Waals surface area contributed by atoms with Crippen molar-refractivity contribution in [1.29, 1.82) is 0 Å². The van der Waals surface area contributed by atoms with Crippen LogP contribution in [-0.2, 0) is 14.3 Å². The minimum Gasteiger partial charge on any atom is -0.381 e. The standard InChI is InChI=1S/C7H12O3/c1-9-7(4-8)6-2-3-10-5-6/h4,6-7H,2-3,5H2,1H3. The molecule has 1 aliphatic rings. The Balaban J connectivity index is 2.36. The maximum Gasteiger partial charge on any atom is 0.149 e. The summed E-state index contributed by atoms with van der Waals surface area (Å²) in [6, 6.07) is 0. The lowest BCUT2D eigenvalue weighted by atomic mass is 10.0. The quantitative estimate of drug-likeness (QED) is 0.532. The van der Waals surface area contributed by atoms with E-state index >= 15 is 0 Å². The van der Waals surface area contributed by atoms with Crippen LogP contribution in [0.1, 0.15) is 6.42 Å². The molecule has 1 heterocycles. The van der Waals surface area contributed by atoms with Crippen LogP contribution in [0.15, 0.2) is 0 Å². The molecule has 1 fully saturated rings. The van der Waals surface area contributed by atoms with E-state index < -0.39 is 0 Å². The Morgan fingerprint density at radius 2 is 2.60 bits per heavy atom. The number of carbonyl (C=O) groups excluding carboxylic acids is 1. The molecule has 3 nitrogen and oxygen atoms in total. The topological polar surface area (TPSA) is 35.5 Å². The highest BCUT2D eigenvalue weighted by Crippen LogP contribution is 2.16. The first-order valence-corrected chi connectivity index (χ1v) is 3.44. The van der Waals surface area contributed by atoms with E-state index in [1.807, 2.05) is 0 Å². The molecule has 3 heteroatoms. The molecule has 0 bridgehead atoms. The molecular formula is C7H12O3. The van der Waals surface area contributed by atoms with E-state index in [1.165, 1.54) is 0 Å². The van der Waals surface area contributed by atoms with Crippen LogP contribution in [0.4, 0.5) is 0 Å². The molecule has 2 unspecified atom stereocenters. The fraction of sp³-hybridized carbons (Fsp3) is 0.857. The molecule has 0 aliphatic carbocycles. The van der Waals surface area contributed by atoms with Crippen molar-refractivity contribution in [2.75, 3.05) is 20.3 Å². The number of hydrogen-bond donors (Lipinski definition) is 0. The summed E-state index contributed by atoms with van der Waals surface area (Å²) < 4.78 is 10.0. The molecule has 0 amide bonds. The molecule has 2 atom stereocenters. The van der Waals surface area contributed by atoms with Crippen molar-refractivity contribution in [2.24, 2.45) is 5.92 Å². The number of hydrogen-bond acceptors (Lipinski definition) is 3. The minimum absolute atomic E-state index is 0.262. The normalized spacial score (nSPS) is 28.3. The van der Waals surface area contributed by atoms with E-state index in [2.05, 4.69) is 0 Å². The number of ether oxygens (including phenoxy) is 2. The van der Waals surface area contributed by atoms with E-state index in [0.29, 0.717) is 6.61 Å². The van der Waals surface area contributed by atoms with E-state index in [9.17, 15) is 4.79 Å². The Kier molecular flexibility index (Phi) is 2.83. The summed E-state index contributed by atoms with van der Waals surface area (Å²) in [5, 5.41) is 0. The zero-order chi connectivity index (χ0) is 7.40. The zero-order valence-electron chi connectivity index (χ0n) is 6.08. The van der Waals surface area contributed by atoms with Gasteiger partial charge in [-0.05, 0) is 6.42 Å². The fourth-order valence-electron chi connectivity index (χ4n) is 1.17. The van der Waals surface area contributed by atoms with Gasteiger partial charge >= 0.3 is 0 Å². The van der Waals surface area contributed by atoms with Gasteiger partial charge < -0.3 is 14.3 Å². The van der Waals surface area contributed by atoms with Gasteiger partial charge in [-0.3, -0.25) is 0 Å². The van der Waals surface area contributed by atoms with Gasteiger partial charge in [0.05, 0.1) is 6.61 Å². The van der Waals surface area contributed by atoms with Crippen LogP contribution in [0.3, 0.4) is 0 Å². The zero-order valence-corrected chi connectivity index (χ0v) is 6.08. The summed E-state index contributed by atoms with van der Waals surface area (Å²) in [6.45, 7) is 1.43. The molecule has 0 spiro atoms. The maximum absolute atomic E-state index is 10.3. The van der Waals surface area contributed by atoms with Gasteiger partial charge in [-0.1, -0.05) is 0 Å². The molecule has 0 aromatic carbocycles. The number of rotatable bonds is 3. The van der Waals surface area contributed by atoms with Crippen molar-refractivity contribution in [3.05, 3.63) is 0 Å². The molecule has 58 valence electrons. The van der Waals surface area contributed by atoms with Crippen molar-refractivity contribution >= 4 is 6.29 Å². The maximum atomic E-state index is 10.3. The Morgan fingerprint density at radius 1 is 1.80 bits per heavy atom. The highest BCUT2D eigenvalue weighted by molar-refractivity contribution is 5.56. The lowest BCUT2D eigenvalue weighted by Gasteiger charge is -2.13. The summed E-state index contributed by atoms with van der Waals surface area (Å²) in [5.41, 5.74) is 0. The molecule has 0 aromatic heterocycles. The second kappa shape index (κ2) is 3.68. The molecule has 1 rings (SSSR count). The second-order valence-corrected chi connectivity index (χ2v) is 2.46. The number of aldehydes is 1. The molecule has 1 aliphatic heterocycles. The monoisotopic (exact) mass is 144 g/mol. The summed E-state index contributed by atoms with van der Waals surface area (Å²) >= 11 is 0. The first kappa shape index (κ1) is 7.69.